The van der Waals surface area contributed by atoms with Crippen LogP contribution in [0.15, 0.2) is 83.9 Å². The highest BCUT2D eigenvalue weighted by Crippen LogP contribution is 2.27. The zero-order valence-corrected chi connectivity index (χ0v) is 15.7. The number of thioether (sulfide) groups is 1. The molecule has 0 heterocycles. The summed E-state index contributed by atoms with van der Waals surface area (Å²) in [5, 5.41) is 11.9. The second-order valence-electron chi connectivity index (χ2n) is 5.71. The SMILES string of the molecule is CSC(=Nc1cccc(-c2cccc(OCc3ccccc3)c2)c1)NC#N. The Morgan fingerprint density at radius 2 is 1.74 bits per heavy atom. The minimum Gasteiger partial charge on any atom is -0.489 e. The molecule has 0 spiro atoms. The molecule has 0 amide bonds. The fourth-order valence-corrected chi connectivity index (χ4v) is 2.90. The molecule has 0 unspecified atom stereocenters. The minimum absolute atomic E-state index is 0.533. The lowest BCUT2D eigenvalue weighted by atomic mass is 10.0. The molecule has 0 radical (unpaired) electrons. The highest BCUT2D eigenvalue weighted by atomic mass is 32.2. The van der Waals surface area contributed by atoms with E-state index in [-0.39, 0.29) is 0 Å². The maximum absolute atomic E-state index is 8.77. The summed E-state index contributed by atoms with van der Waals surface area (Å²) in [5.41, 5.74) is 4.01. The van der Waals surface area contributed by atoms with Gasteiger partial charge < -0.3 is 4.74 Å². The Labute approximate surface area is 163 Å². The van der Waals surface area contributed by atoms with Crippen LogP contribution in [0.25, 0.3) is 11.1 Å². The Morgan fingerprint density at radius 3 is 2.48 bits per heavy atom. The highest BCUT2D eigenvalue weighted by molar-refractivity contribution is 8.13. The molecule has 1 N–H and O–H groups in total. The van der Waals surface area contributed by atoms with Crippen molar-refractivity contribution < 1.29 is 4.74 Å². The average molecular weight is 373 g/mol. The summed E-state index contributed by atoms with van der Waals surface area (Å²) in [6, 6.07) is 26.0. The molecule has 0 fully saturated rings. The third-order valence-corrected chi connectivity index (χ3v) is 4.43. The van der Waals surface area contributed by atoms with Gasteiger partial charge in [0.15, 0.2) is 11.4 Å². The lowest BCUT2D eigenvalue weighted by molar-refractivity contribution is 0.306. The van der Waals surface area contributed by atoms with Crippen molar-refractivity contribution in [2.24, 2.45) is 4.99 Å². The Morgan fingerprint density at radius 1 is 1.00 bits per heavy atom. The van der Waals surface area contributed by atoms with Crippen LogP contribution in [0.5, 0.6) is 5.75 Å². The molecule has 27 heavy (non-hydrogen) atoms. The first-order valence-corrected chi connectivity index (χ1v) is 9.66. The number of hydrogen-bond acceptors (Lipinski definition) is 4. The average Bonchev–Trinajstić information content (AvgIpc) is 2.73. The molecule has 3 aromatic carbocycles. The van der Waals surface area contributed by atoms with Gasteiger partial charge in [-0.1, -0.05) is 66.4 Å². The molecular weight excluding hydrogens is 354 g/mol. The van der Waals surface area contributed by atoms with Crippen LogP contribution in [-0.4, -0.2) is 11.4 Å². The quantitative estimate of drug-likeness (QED) is 0.283. The summed E-state index contributed by atoms with van der Waals surface area (Å²) in [4.78, 5) is 4.47. The Hall–Kier alpha value is -3.23. The normalized spacial score (nSPS) is 10.9. The van der Waals surface area contributed by atoms with E-state index in [2.05, 4.69) is 10.3 Å². The van der Waals surface area contributed by atoms with Crippen LogP contribution in [-0.2, 0) is 6.61 Å². The van der Waals surface area contributed by atoms with Crippen LogP contribution in [0, 0.1) is 11.5 Å². The first kappa shape index (κ1) is 18.6. The van der Waals surface area contributed by atoms with Crippen molar-refractivity contribution >= 4 is 22.6 Å². The van der Waals surface area contributed by atoms with Gasteiger partial charge >= 0.3 is 0 Å². The van der Waals surface area contributed by atoms with Crippen molar-refractivity contribution in [3.63, 3.8) is 0 Å². The Kier molecular flexibility index (Phi) is 6.50. The zero-order valence-electron chi connectivity index (χ0n) is 14.9. The van der Waals surface area contributed by atoms with E-state index in [0.29, 0.717) is 11.8 Å². The molecule has 0 aliphatic heterocycles. The maximum atomic E-state index is 8.77. The molecule has 5 heteroatoms. The van der Waals surface area contributed by atoms with Gasteiger partial charge in [-0.3, -0.25) is 5.32 Å². The summed E-state index contributed by atoms with van der Waals surface area (Å²) in [6.07, 6.45) is 3.78. The van der Waals surface area contributed by atoms with Gasteiger partial charge in [0.1, 0.15) is 12.4 Å². The van der Waals surface area contributed by atoms with E-state index in [1.165, 1.54) is 11.8 Å². The third-order valence-electron chi connectivity index (χ3n) is 3.85. The Balaban J connectivity index is 1.78. The van der Waals surface area contributed by atoms with Crippen LogP contribution in [0.4, 0.5) is 5.69 Å². The molecule has 0 aromatic heterocycles. The second-order valence-corrected chi connectivity index (χ2v) is 6.51. The van der Waals surface area contributed by atoms with E-state index in [0.717, 1.165) is 28.1 Å². The van der Waals surface area contributed by atoms with Crippen molar-refractivity contribution in [1.29, 1.82) is 5.26 Å². The van der Waals surface area contributed by atoms with Gasteiger partial charge in [-0.15, -0.1) is 0 Å². The number of nitrogens with zero attached hydrogens (tertiary/aromatic N) is 2. The predicted octanol–water partition coefficient (Wildman–Crippen LogP) is 5.35. The van der Waals surface area contributed by atoms with Gasteiger partial charge in [-0.05, 0) is 47.2 Å². The number of amidine groups is 1. The van der Waals surface area contributed by atoms with Crippen molar-refractivity contribution in [1.82, 2.24) is 5.32 Å². The molecule has 0 saturated heterocycles. The summed E-state index contributed by atoms with van der Waals surface area (Å²) in [6.45, 7) is 0.533. The maximum Gasteiger partial charge on any atom is 0.183 e. The standard InChI is InChI=1S/C22H19N3OS/c1-27-22(24-16-23)25-20-11-5-9-18(13-20)19-10-6-12-21(14-19)26-15-17-7-3-2-4-8-17/h2-14H,15H2,1H3,(H,24,25). The third kappa shape index (κ3) is 5.37. The van der Waals surface area contributed by atoms with Crippen molar-refractivity contribution in [3.8, 4) is 23.1 Å². The van der Waals surface area contributed by atoms with E-state index in [4.69, 9.17) is 10.00 Å². The van der Waals surface area contributed by atoms with Crippen LogP contribution in [0.2, 0.25) is 0 Å². The lowest BCUT2D eigenvalue weighted by Gasteiger charge is -2.09. The van der Waals surface area contributed by atoms with E-state index >= 15 is 0 Å². The van der Waals surface area contributed by atoms with Crippen LogP contribution in [0.3, 0.4) is 0 Å². The monoisotopic (exact) mass is 373 g/mol. The summed E-state index contributed by atoms with van der Waals surface area (Å²) >= 11 is 1.39. The van der Waals surface area contributed by atoms with Crippen LogP contribution >= 0.6 is 11.8 Å². The van der Waals surface area contributed by atoms with E-state index in [9.17, 15) is 0 Å². The number of aliphatic imine (C=N–C) groups is 1. The highest BCUT2D eigenvalue weighted by Gasteiger charge is 2.03. The first-order valence-electron chi connectivity index (χ1n) is 8.43. The smallest absolute Gasteiger partial charge is 0.183 e. The second kappa shape index (κ2) is 9.46. The number of hydrogen-bond donors (Lipinski definition) is 1. The molecular formula is C22H19N3OS. The summed E-state index contributed by atoms with van der Waals surface area (Å²) in [5.74, 6) is 0.821. The van der Waals surface area contributed by atoms with Gasteiger partial charge in [0, 0.05) is 0 Å². The first-order chi connectivity index (χ1) is 13.3. The fraction of sp³-hybridized carbons (Fsp3) is 0.0909. The lowest BCUT2D eigenvalue weighted by Crippen LogP contribution is -2.12. The van der Waals surface area contributed by atoms with Crippen LogP contribution < -0.4 is 10.1 Å². The molecule has 134 valence electrons. The fourth-order valence-electron chi connectivity index (χ4n) is 2.55. The minimum atomic E-state index is 0.533. The zero-order chi connectivity index (χ0) is 18.9. The topological polar surface area (TPSA) is 57.4 Å². The van der Waals surface area contributed by atoms with Gasteiger partial charge in [0.2, 0.25) is 0 Å². The van der Waals surface area contributed by atoms with Crippen molar-refractivity contribution in [2.45, 2.75) is 6.61 Å². The molecule has 0 bridgehead atoms. The van der Waals surface area contributed by atoms with Gasteiger partial charge in [0.25, 0.3) is 0 Å². The van der Waals surface area contributed by atoms with E-state index < -0.39 is 0 Å². The number of rotatable bonds is 5. The molecule has 0 aliphatic carbocycles. The number of nitriles is 1. The number of benzene rings is 3. The molecule has 4 nitrogen and oxygen atoms in total. The molecule has 3 aromatic rings. The van der Waals surface area contributed by atoms with Gasteiger partial charge in [-0.2, -0.15) is 5.26 Å². The molecule has 0 aliphatic rings. The Bertz CT molecular complexity index is 965. The molecule has 3 rings (SSSR count). The largest absolute Gasteiger partial charge is 0.489 e. The van der Waals surface area contributed by atoms with Gasteiger partial charge in [-0.25, -0.2) is 4.99 Å². The van der Waals surface area contributed by atoms with E-state index in [1.54, 1.807) is 0 Å². The summed E-state index contributed by atoms with van der Waals surface area (Å²) in [7, 11) is 0. The number of nitrogens with one attached hydrogen (secondary N) is 1. The van der Waals surface area contributed by atoms with Crippen LogP contribution in [0.1, 0.15) is 5.56 Å². The van der Waals surface area contributed by atoms with Crippen molar-refractivity contribution in [3.05, 3.63) is 84.4 Å². The van der Waals surface area contributed by atoms with Gasteiger partial charge in [0.05, 0.1) is 5.69 Å². The predicted molar refractivity (Wildman–Crippen MR) is 112 cm³/mol. The van der Waals surface area contributed by atoms with Crippen molar-refractivity contribution in [2.75, 3.05) is 6.26 Å². The van der Waals surface area contributed by atoms with E-state index in [1.807, 2.05) is 91.3 Å². The molecule has 0 saturated carbocycles. The molecule has 0 atom stereocenters. The number of ether oxygens (including phenoxy) is 1. The summed E-state index contributed by atoms with van der Waals surface area (Å²) < 4.78 is 5.92.